The molecule has 0 atom stereocenters. The number of carbonyl (C=O) groups excluding carboxylic acids is 1. The topological polar surface area (TPSA) is 69.6 Å². The number of aryl methyl sites for hydroxylation is 3. The van der Waals surface area contributed by atoms with Gasteiger partial charge < -0.3 is 15.3 Å². The Kier molecular flexibility index (Phi) is 5.09. The third kappa shape index (κ3) is 3.55. The molecule has 1 aliphatic heterocycles. The molecule has 0 bridgehead atoms. The molecule has 1 fully saturated rings. The quantitative estimate of drug-likeness (QED) is 0.894. The fourth-order valence-electron chi connectivity index (χ4n) is 3.59. The maximum Gasteiger partial charge on any atom is 0.311 e. The van der Waals surface area contributed by atoms with Gasteiger partial charge in [-0.1, -0.05) is 17.7 Å². The molecule has 1 aromatic carbocycles. The second kappa shape index (κ2) is 6.71. The molecule has 1 aliphatic rings. The Morgan fingerprint density at radius 3 is 2.13 bits per heavy atom. The molecular formula is C18H26N2O3. The molecule has 23 heavy (non-hydrogen) atoms. The highest BCUT2D eigenvalue weighted by molar-refractivity contribution is 5.94. The summed E-state index contributed by atoms with van der Waals surface area (Å²) in [6.45, 7) is 9.04. The van der Waals surface area contributed by atoms with Crippen molar-refractivity contribution in [3.05, 3.63) is 28.8 Å². The van der Waals surface area contributed by atoms with Crippen LogP contribution in [0.1, 0.15) is 36.5 Å². The van der Waals surface area contributed by atoms with Gasteiger partial charge in [0.15, 0.2) is 0 Å². The molecule has 0 unspecified atom stereocenters. The standard InChI is InChI=1S/C18H26N2O3/c1-12-9-13(2)16(14(3)10-12)20(15(4)21)11-18(17(22)23)5-7-19-8-6-18/h9-10,19H,5-8,11H2,1-4H3,(H,22,23). The SMILES string of the molecule is CC(=O)N(CC1(C(=O)O)CCNCC1)c1c(C)cc(C)cc1C. The number of amides is 1. The number of carbonyl (C=O) groups is 2. The molecule has 0 saturated carbocycles. The molecule has 0 aromatic heterocycles. The van der Waals surface area contributed by atoms with Gasteiger partial charge in [-0.2, -0.15) is 0 Å². The predicted octanol–water partition coefficient (Wildman–Crippen LogP) is 2.42. The van der Waals surface area contributed by atoms with E-state index in [-0.39, 0.29) is 12.5 Å². The van der Waals surface area contributed by atoms with Crippen LogP contribution in [0.25, 0.3) is 0 Å². The number of piperidine rings is 1. The summed E-state index contributed by atoms with van der Waals surface area (Å²) in [6, 6.07) is 4.07. The van der Waals surface area contributed by atoms with Crippen molar-refractivity contribution in [1.82, 2.24) is 5.32 Å². The van der Waals surface area contributed by atoms with E-state index in [4.69, 9.17) is 0 Å². The lowest BCUT2D eigenvalue weighted by molar-refractivity contribution is -0.150. The first-order chi connectivity index (χ1) is 10.8. The van der Waals surface area contributed by atoms with Crippen LogP contribution in [0.4, 0.5) is 5.69 Å². The van der Waals surface area contributed by atoms with E-state index in [9.17, 15) is 14.7 Å². The molecular weight excluding hydrogens is 292 g/mol. The average Bonchev–Trinajstić information content (AvgIpc) is 2.45. The molecule has 5 heteroatoms. The number of aliphatic carboxylic acids is 1. The summed E-state index contributed by atoms with van der Waals surface area (Å²) in [7, 11) is 0. The van der Waals surface area contributed by atoms with Crippen LogP contribution < -0.4 is 10.2 Å². The van der Waals surface area contributed by atoms with Gasteiger partial charge in [0.05, 0.1) is 5.41 Å². The largest absolute Gasteiger partial charge is 0.481 e. The number of nitrogens with one attached hydrogen (secondary N) is 1. The van der Waals surface area contributed by atoms with Crippen molar-refractivity contribution in [2.75, 3.05) is 24.5 Å². The van der Waals surface area contributed by atoms with Crippen LogP contribution in [0, 0.1) is 26.2 Å². The van der Waals surface area contributed by atoms with Crippen LogP contribution in [0.5, 0.6) is 0 Å². The Bertz CT molecular complexity index is 596. The Balaban J connectivity index is 2.43. The first kappa shape index (κ1) is 17.5. The summed E-state index contributed by atoms with van der Waals surface area (Å²) in [5.41, 5.74) is 3.13. The molecule has 0 radical (unpaired) electrons. The fraction of sp³-hybridized carbons (Fsp3) is 0.556. The highest BCUT2D eigenvalue weighted by atomic mass is 16.4. The molecule has 5 nitrogen and oxygen atoms in total. The summed E-state index contributed by atoms with van der Waals surface area (Å²) < 4.78 is 0. The van der Waals surface area contributed by atoms with Crippen LogP contribution in [-0.2, 0) is 9.59 Å². The molecule has 1 aromatic rings. The van der Waals surface area contributed by atoms with E-state index in [1.54, 1.807) is 4.90 Å². The molecule has 0 aliphatic carbocycles. The van der Waals surface area contributed by atoms with Crippen molar-refractivity contribution >= 4 is 17.6 Å². The first-order valence-electron chi connectivity index (χ1n) is 8.07. The number of anilines is 1. The summed E-state index contributed by atoms with van der Waals surface area (Å²) in [4.78, 5) is 25.9. The number of benzene rings is 1. The van der Waals surface area contributed by atoms with Gasteiger partial charge in [0.2, 0.25) is 5.91 Å². The lowest BCUT2D eigenvalue weighted by Gasteiger charge is -2.38. The number of hydrogen-bond acceptors (Lipinski definition) is 3. The molecule has 2 N–H and O–H groups in total. The van der Waals surface area contributed by atoms with Crippen molar-refractivity contribution in [2.45, 2.75) is 40.5 Å². The molecule has 1 saturated heterocycles. The molecule has 2 rings (SSSR count). The van der Waals surface area contributed by atoms with Gasteiger partial charge in [0.25, 0.3) is 0 Å². The number of hydrogen-bond donors (Lipinski definition) is 2. The van der Waals surface area contributed by atoms with E-state index in [2.05, 4.69) is 5.32 Å². The minimum absolute atomic E-state index is 0.112. The Morgan fingerprint density at radius 1 is 1.17 bits per heavy atom. The molecule has 126 valence electrons. The van der Waals surface area contributed by atoms with Gasteiger partial charge in [-0.15, -0.1) is 0 Å². The highest BCUT2D eigenvalue weighted by Crippen LogP contribution is 2.35. The third-order valence-corrected chi connectivity index (χ3v) is 4.76. The zero-order valence-electron chi connectivity index (χ0n) is 14.4. The second-order valence-electron chi connectivity index (χ2n) is 6.69. The predicted molar refractivity (Wildman–Crippen MR) is 90.9 cm³/mol. The summed E-state index contributed by atoms with van der Waals surface area (Å²) in [6.07, 6.45) is 1.08. The van der Waals surface area contributed by atoms with Crippen molar-refractivity contribution in [3.8, 4) is 0 Å². The monoisotopic (exact) mass is 318 g/mol. The Morgan fingerprint density at radius 2 is 1.70 bits per heavy atom. The molecule has 0 spiro atoms. The summed E-state index contributed by atoms with van der Waals surface area (Å²) >= 11 is 0. The van der Waals surface area contributed by atoms with Crippen LogP contribution in [0.3, 0.4) is 0 Å². The number of carboxylic acids is 1. The zero-order chi connectivity index (χ0) is 17.2. The van der Waals surface area contributed by atoms with Gasteiger partial charge in [-0.05, 0) is 57.8 Å². The van der Waals surface area contributed by atoms with Crippen molar-refractivity contribution in [1.29, 1.82) is 0 Å². The van der Waals surface area contributed by atoms with Crippen LogP contribution in [0.15, 0.2) is 12.1 Å². The van der Waals surface area contributed by atoms with E-state index >= 15 is 0 Å². The van der Waals surface area contributed by atoms with Gasteiger partial charge in [-0.3, -0.25) is 9.59 Å². The van der Waals surface area contributed by atoms with E-state index in [1.165, 1.54) is 6.92 Å². The first-order valence-corrected chi connectivity index (χ1v) is 8.07. The Hall–Kier alpha value is -1.88. The minimum Gasteiger partial charge on any atom is -0.481 e. The van der Waals surface area contributed by atoms with Crippen molar-refractivity contribution < 1.29 is 14.7 Å². The van der Waals surface area contributed by atoms with Gasteiger partial charge in [0.1, 0.15) is 0 Å². The number of nitrogens with zero attached hydrogens (tertiary/aromatic N) is 1. The van der Waals surface area contributed by atoms with Crippen LogP contribution >= 0.6 is 0 Å². The normalized spacial score (nSPS) is 16.9. The van der Waals surface area contributed by atoms with Crippen molar-refractivity contribution in [2.24, 2.45) is 5.41 Å². The number of rotatable bonds is 4. The summed E-state index contributed by atoms with van der Waals surface area (Å²) in [5, 5.41) is 13.0. The zero-order valence-corrected chi connectivity index (χ0v) is 14.4. The lowest BCUT2D eigenvalue weighted by atomic mass is 9.78. The Labute approximate surface area is 137 Å². The van der Waals surface area contributed by atoms with Crippen LogP contribution in [-0.4, -0.2) is 36.6 Å². The third-order valence-electron chi connectivity index (χ3n) is 4.76. The van der Waals surface area contributed by atoms with Crippen LogP contribution in [0.2, 0.25) is 0 Å². The highest BCUT2D eigenvalue weighted by Gasteiger charge is 2.42. The lowest BCUT2D eigenvalue weighted by Crippen LogP contribution is -2.50. The molecule has 1 amide bonds. The number of carboxylic acid groups (broad SMARTS) is 1. The van der Waals surface area contributed by atoms with Gasteiger partial charge >= 0.3 is 5.97 Å². The maximum absolute atomic E-state index is 12.3. The van der Waals surface area contributed by atoms with Crippen molar-refractivity contribution in [3.63, 3.8) is 0 Å². The second-order valence-corrected chi connectivity index (χ2v) is 6.69. The maximum atomic E-state index is 12.3. The van der Waals surface area contributed by atoms with E-state index < -0.39 is 11.4 Å². The van der Waals surface area contributed by atoms with E-state index in [0.29, 0.717) is 25.9 Å². The van der Waals surface area contributed by atoms with E-state index in [0.717, 1.165) is 22.4 Å². The minimum atomic E-state index is -0.874. The van der Waals surface area contributed by atoms with Gasteiger partial charge in [-0.25, -0.2) is 0 Å². The van der Waals surface area contributed by atoms with E-state index in [1.807, 2.05) is 32.9 Å². The fourth-order valence-corrected chi connectivity index (χ4v) is 3.59. The average molecular weight is 318 g/mol. The van der Waals surface area contributed by atoms with Gasteiger partial charge in [0, 0.05) is 19.2 Å². The molecule has 1 heterocycles. The smallest absolute Gasteiger partial charge is 0.311 e. The summed E-state index contributed by atoms with van der Waals surface area (Å²) in [5.74, 6) is -0.924.